The monoisotopic (exact) mass is 270 g/mol. The van der Waals surface area contributed by atoms with E-state index in [0.717, 1.165) is 0 Å². The molecule has 1 atom stereocenters. The molecule has 0 aliphatic carbocycles. The molecule has 1 aromatic rings. The van der Waals surface area contributed by atoms with Crippen LogP contribution in [0.4, 0.5) is 0 Å². The Labute approximate surface area is 109 Å². The summed E-state index contributed by atoms with van der Waals surface area (Å²) in [6, 6.07) is 7.16. The second-order valence-corrected chi connectivity index (χ2v) is 10.6. The number of halogens is 1. The van der Waals surface area contributed by atoms with Crippen molar-refractivity contribution < 1.29 is 9.84 Å². The summed E-state index contributed by atoms with van der Waals surface area (Å²) >= 11 is 5.83. The lowest BCUT2D eigenvalue weighted by molar-refractivity contribution is 0.144. The van der Waals surface area contributed by atoms with Gasteiger partial charge < -0.3 is 9.84 Å². The van der Waals surface area contributed by atoms with E-state index in [1.54, 1.807) is 12.1 Å². The maximum Gasteiger partial charge on any atom is 0.120 e. The van der Waals surface area contributed by atoms with Gasteiger partial charge in [-0.3, -0.25) is 0 Å². The zero-order valence-corrected chi connectivity index (χ0v) is 12.2. The Morgan fingerprint density at radius 2 is 2.12 bits per heavy atom. The molecular weight excluding hydrogens is 252 g/mol. The molecule has 0 heterocycles. The third-order valence-corrected chi connectivity index (χ3v) is 3.46. The molecule has 4 heteroatoms. The van der Waals surface area contributed by atoms with Crippen molar-refractivity contribution in [3.63, 3.8) is 0 Å². The second kappa shape index (κ2) is 6.24. The summed E-state index contributed by atoms with van der Waals surface area (Å²) in [6.45, 7) is 6.90. The van der Waals surface area contributed by atoms with Crippen LogP contribution < -0.4 is 4.74 Å². The fourth-order valence-electron chi connectivity index (χ4n) is 1.19. The average molecular weight is 271 g/mol. The highest BCUT2D eigenvalue weighted by molar-refractivity contribution is 6.80. The van der Waals surface area contributed by atoms with Gasteiger partial charge in [0.25, 0.3) is 0 Å². The summed E-state index contributed by atoms with van der Waals surface area (Å²) in [5.74, 6) is 0.679. The minimum Gasteiger partial charge on any atom is -0.491 e. The Bertz CT molecular complexity index is 385. The van der Waals surface area contributed by atoms with Gasteiger partial charge in [0.15, 0.2) is 0 Å². The van der Waals surface area contributed by atoms with Crippen molar-refractivity contribution in [2.45, 2.75) is 25.7 Å². The van der Waals surface area contributed by atoms with Gasteiger partial charge in [0.2, 0.25) is 0 Å². The Morgan fingerprint density at radius 1 is 1.41 bits per heavy atom. The average Bonchev–Trinajstić information content (AvgIpc) is 2.23. The summed E-state index contributed by atoms with van der Waals surface area (Å²) in [6.07, 6.45) is 1.25. The standard InChI is InChI=1S/C13H19ClO2Si/c1-17(2,3)8-7-12(15)10-16-13-6-4-5-11(14)9-13/h4-9,12,15H,10H2,1-3H3/b8-7+/t12-/m1/s1. The van der Waals surface area contributed by atoms with Gasteiger partial charge in [0, 0.05) is 5.02 Å². The van der Waals surface area contributed by atoms with Crippen molar-refractivity contribution in [3.8, 4) is 5.75 Å². The molecule has 0 aliphatic heterocycles. The van der Waals surface area contributed by atoms with Gasteiger partial charge in [-0.1, -0.05) is 49.1 Å². The highest BCUT2D eigenvalue weighted by Gasteiger charge is 2.09. The zero-order valence-electron chi connectivity index (χ0n) is 10.5. The fourth-order valence-corrected chi connectivity index (χ4v) is 2.17. The van der Waals surface area contributed by atoms with E-state index < -0.39 is 14.2 Å². The van der Waals surface area contributed by atoms with Crippen molar-refractivity contribution in [3.05, 3.63) is 41.1 Å². The van der Waals surface area contributed by atoms with Crippen LogP contribution in [0, 0.1) is 0 Å². The minimum atomic E-state index is -1.25. The summed E-state index contributed by atoms with van der Waals surface area (Å²) < 4.78 is 5.44. The molecule has 0 aromatic heterocycles. The van der Waals surface area contributed by atoms with E-state index in [2.05, 4.69) is 25.3 Å². The largest absolute Gasteiger partial charge is 0.491 e. The fraction of sp³-hybridized carbons (Fsp3) is 0.385. The summed E-state index contributed by atoms with van der Waals surface area (Å²) in [5.41, 5.74) is 2.11. The molecule has 94 valence electrons. The van der Waals surface area contributed by atoms with Crippen LogP contribution in [0.25, 0.3) is 0 Å². The van der Waals surface area contributed by atoms with Crippen molar-refractivity contribution in [2.75, 3.05) is 6.61 Å². The lowest BCUT2D eigenvalue weighted by Gasteiger charge is -2.12. The molecule has 0 amide bonds. The first kappa shape index (κ1) is 14.3. The molecule has 0 radical (unpaired) electrons. The van der Waals surface area contributed by atoms with Gasteiger partial charge in [-0.2, -0.15) is 0 Å². The Hall–Kier alpha value is -0.773. The number of aliphatic hydroxyl groups excluding tert-OH is 1. The number of ether oxygens (including phenoxy) is 1. The zero-order chi connectivity index (χ0) is 12.9. The smallest absolute Gasteiger partial charge is 0.120 e. The molecule has 2 nitrogen and oxygen atoms in total. The molecule has 0 bridgehead atoms. The molecule has 1 N–H and O–H groups in total. The number of benzene rings is 1. The first-order valence-corrected chi connectivity index (χ1v) is 9.58. The van der Waals surface area contributed by atoms with Crippen LogP contribution in [0.15, 0.2) is 36.0 Å². The van der Waals surface area contributed by atoms with Gasteiger partial charge in [-0.25, -0.2) is 0 Å². The Balaban J connectivity index is 2.43. The second-order valence-electron chi connectivity index (χ2n) is 5.06. The van der Waals surface area contributed by atoms with E-state index in [4.69, 9.17) is 16.3 Å². The van der Waals surface area contributed by atoms with Crippen LogP contribution in [0.3, 0.4) is 0 Å². The van der Waals surface area contributed by atoms with Gasteiger partial charge in [0.1, 0.15) is 18.5 Å². The first-order valence-electron chi connectivity index (χ1n) is 5.62. The number of hydrogen-bond acceptors (Lipinski definition) is 2. The van der Waals surface area contributed by atoms with E-state index in [1.165, 1.54) is 0 Å². The number of aliphatic hydroxyl groups is 1. The van der Waals surface area contributed by atoms with Crippen LogP contribution in [0.2, 0.25) is 24.7 Å². The van der Waals surface area contributed by atoms with Crippen molar-refractivity contribution >= 4 is 19.7 Å². The lowest BCUT2D eigenvalue weighted by atomic mass is 10.3. The SMILES string of the molecule is C[Si](C)(C)/C=C/[C@@H](O)COc1cccc(Cl)c1. The van der Waals surface area contributed by atoms with Gasteiger partial charge in [-0.15, -0.1) is 0 Å². The van der Waals surface area contributed by atoms with E-state index in [-0.39, 0.29) is 6.61 Å². The summed E-state index contributed by atoms with van der Waals surface area (Å²) in [4.78, 5) is 0. The van der Waals surface area contributed by atoms with E-state index in [1.807, 2.05) is 18.2 Å². The van der Waals surface area contributed by atoms with Crippen LogP contribution in [0.5, 0.6) is 5.75 Å². The predicted molar refractivity (Wildman–Crippen MR) is 75.4 cm³/mol. The summed E-state index contributed by atoms with van der Waals surface area (Å²) in [7, 11) is -1.25. The van der Waals surface area contributed by atoms with Crippen LogP contribution >= 0.6 is 11.6 Å². The maximum atomic E-state index is 9.72. The van der Waals surface area contributed by atoms with E-state index in [9.17, 15) is 5.11 Å². The van der Waals surface area contributed by atoms with Crippen molar-refractivity contribution in [1.82, 2.24) is 0 Å². The number of rotatable bonds is 5. The molecule has 0 fully saturated rings. The molecule has 0 saturated carbocycles. The maximum absolute atomic E-state index is 9.72. The predicted octanol–water partition coefficient (Wildman–Crippen LogP) is 3.51. The topological polar surface area (TPSA) is 29.5 Å². The quantitative estimate of drug-likeness (QED) is 0.830. The number of hydrogen-bond donors (Lipinski definition) is 1. The van der Waals surface area contributed by atoms with Crippen LogP contribution in [-0.4, -0.2) is 25.9 Å². The van der Waals surface area contributed by atoms with Crippen LogP contribution in [0.1, 0.15) is 0 Å². The summed E-state index contributed by atoms with van der Waals surface area (Å²) in [5, 5.41) is 10.4. The van der Waals surface area contributed by atoms with Crippen molar-refractivity contribution in [2.24, 2.45) is 0 Å². The third kappa shape index (κ3) is 6.51. The van der Waals surface area contributed by atoms with E-state index >= 15 is 0 Å². The molecule has 0 aliphatic rings. The Kier molecular flexibility index (Phi) is 5.24. The van der Waals surface area contributed by atoms with Gasteiger partial charge >= 0.3 is 0 Å². The molecule has 1 aromatic carbocycles. The molecular formula is C13H19ClO2Si. The molecule has 0 spiro atoms. The third-order valence-electron chi connectivity index (χ3n) is 2.04. The molecule has 0 saturated heterocycles. The lowest BCUT2D eigenvalue weighted by Crippen LogP contribution is -2.20. The molecule has 17 heavy (non-hydrogen) atoms. The highest BCUT2D eigenvalue weighted by atomic mass is 35.5. The van der Waals surface area contributed by atoms with Crippen LogP contribution in [-0.2, 0) is 0 Å². The van der Waals surface area contributed by atoms with Gasteiger partial charge in [0.05, 0.1) is 8.07 Å². The first-order chi connectivity index (χ1) is 7.87. The van der Waals surface area contributed by atoms with Crippen molar-refractivity contribution in [1.29, 1.82) is 0 Å². The molecule has 0 unspecified atom stereocenters. The highest BCUT2D eigenvalue weighted by Crippen LogP contribution is 2.17. The van der Waals surface area contributed by atoms with E-state index in [0.29, 0.717) is 10.8 Å². The Morgan fingerprint density at radius 3 is 2.71 bits per heavy atom. The minimum absolute atomic E-state index is 0.251. The van der Waals surface area contributed by atoms with Gasteiger partial charge in [-0.05, 0) is 18.2 Å². The molecule has 1 rings (SSSR count). The normalized spacial score (nSPS) is 13.9.